The fraction of sp³-hybridized carbons (Fsp3) is 0.211. The molecule has 0 aromatic carbocycles. The number of alkyl halides is 2. The first-order valence-corrected chi connectivity index (χ1v) is 9.07. The van der Waals surface area contributed by atoms with Crippen molar-refractivity contribution in [1.29, 1.82) is 0 Å². The molecule has 0 radical (unpaired) electrons. The number of methoxy groups -OCH3 is 1. The molecule has 0 aliphatic rings. The number of halogens is 2. The summed E-state index contributed by atoms with van der Waals surface area (Å²) in [5.74, 6) is 1.11. The van der Waals surface area contributed by atoms with E-state index >= 15 is 0 Å². The number of ether oxygens (including phenoxy) is 1. The first-order chi connectivity index (χ1) is 14.6. The summed E-state index contributed by atoms with van der Waals surface area (Å²) < 4.78 is 36.0. The van der Waals surface area contributed by atoms with Crippen molar-refractivity contribution in [1.82, 2.24) is 38.9 Å². The van der Waals surface area contributed by atoms with Gasteiger partial charge in [-0.2, -0.15) is 24.0 Å². The van der Waals surface area contributed by atoms with Crippen LogP contribution in [0, 0.1) is 6.92 Å². The van der Waals surface area contributed by atoms with Crippen LogP contribution in [-0.2, 0) is 6.54 Å². The van der Waals surface area contributed by atoms with Gasteiger partial charge in [-0.3, -0.25) is 0 Å². The number of aryl methyl sites for hydroxylation is 1. The van der Waals surface area contributed by atoms with E-state index in [1.54, 1.807) is 23.9 Å². The van der Waals surface area contributed by atoms with Crippen molar-refractivity contribution in [2.75, 3.05) is 7.11 Å². The summed E-state index contributed by atoms with van der Waals surface area (Å²) in [6.45, 7) is -0.700. The number of fused-ring (bicyclic) bond motifs is 2. The second-order valence-corrected chi connectivity index (χ2v) is 6.65. The molecule has 0 saturated heterocycles. The molecule has 0 fully saturated rings. The van der Waals surface area contributed by atoms with Crippen molar-refractivity contribution >= 4 is 16.7 Å². The van der Waals surface area contributed by atoms with Gasteiger partial charge >= 0.3 is 6.55 Å². The van der Waals surface area contributed by atoms with Crippen molar-refractivity contribution in [2.24, 2.45) is 0 Å². The van der Waals surface area contributed by atoms with E-state index in [0.717, 1.165) is 16.6 Å². The van der Waals surface area contributed by atoms with Crippen LogP contribution in [0.2, 0.25) is 0 Å². The van der Waals surface area contributed by atoms with E-state index in [-0.39, 0.29) is 6.54 Å². The molecule has 0 aliphatic heterocycles. The number of aromatic nitrogens is 8. The molecule has 9 nitrogen and oxygen atoms in total. The monoisotopic (exact) mass is 410 g/mol. The number of imidazole rings is 1. The SMILES string of the molecule is COc1ncnn2ccc(-c3cnc4nc(C)n(Cc5ccnn5C(F)F)c4c3)c12. The van der Waals surface area contributed by atoms with Gasteiger partial charge in [-0.05, 0) is 25.1 Å². The average Bonchev–Trinajstić information content (AvgIpc) is 3.45. The zero-order chi connectivity index (χ0) is 20.8. The van der Waals surface area contributed by atoms with Gasteiger partial charge in [-0.15, -0.1) is 0 Å². The Morgan fingerprint density at radius 1 is 1.17 bits per heavy atom. The normalized spacial score (nSPS) is 11.8. The lowest BCUT2D eigenvalue weighted by atomic mass is 10.1. The molecule has 11 heteroatoms. The van der Waals surface area contributed by atoms with Crippen molar-refractivity contribution in [3.63, 3.8) is 0 Å². The second-order valence-electron chi connectivity index (χ2n) is 6.65. The molecule has 5 aromatic heterocycles. The number of hydrogen-bond acceptors (Lipinski definition) is 6. The third-order valence-corrected chi connectivity index (χ3v) is 4.98. The van der Waals surface area contributed by atoms with Gasteiger partial charge in [0.05, 0.1) is 24.9 Å². The Morgan fingerprint density at radius 2 is 2.03 bits per heavy atom. The van der Waals surface area contributed by atoms with Crippen molar-refractivity contribution in [2.45, 2.75) is 20.0 Å². The summed E-state index contributed by atoms with van der Waals surface area (Å²) in [5.41, 5.74) is 3.99. The predicted octanol–water partition coefficient (Wildman–Crippen LogP) is 3.10. The lowest BCUT2D eigenvalue weighted by Gasteiger charge is -2.10. The van der Waals surface area contributed by atoms with Crippen LogP contribution >= 0.6 is 0 Å². The molecule has 0 N–H and O–H groups in total. The van der Waals surface area contributed by atoms with Gasteiger partial charge < -0.3 is 9.30 Å². The van der Waals surface area contributed by atoms with E-state index in [1.165, 1.54) is 12.5 Å². The molecular formula is C19H16F2N8O. The van der Waals surface area contributed by atoms with Gasteiger partial charge in [0.2, 0.25) is 5.88 Å². The van der Waals surface area contributed by atoms with Crippen LogP contribution in [0.5, 0.6) is 5.88 Å². The molecule has 0 atom stereocenters. The van der Waals surface area contributed by atoms with Gasteiger partial charge in [0.25, 0.3) is 0 Å². The summed E-state index contributed by atoms with van der Waals surface area (Å²) in [4.78, 5) is 13.1. The lowest BCUT2D eigenvalue weighted by molar-refractivity contribution is 0.0532. The largest absolute Gasteiger partial charge is 0.479 e. The maximum absolute atomic E-state index is 13.2. The molecule has 0 saturated carbocycles. The standard InChI is InChI=1S/C19H16F2N8O/c1-11-26-17-15(27(11)9-13-3-5-24-29(13)19(20)21)7-12(8-22-17)14-4-6-28-16(14)18(30-2)23-10-25-28/h3-8,10,19H,9H2,1-2H3. The minimum Gasteiger partial charge on any atom is -0.479 e. The van der Waals surface area contributed by atoms with Crippen LogP contribution in [0.1, 0.15) is 18.1 Å². The highest BCUT2D eigenvalue weighted by Crippen LogP contribution is 2.31. The van der Waals surface area contributed by atoms with Crippen molar-refractivity contribution in [3.8, 4) is 17.0 Å². The highest BCUT2D eigenvalue weighted by atomic mass is 19.3. The van der Waals surface area contributed by atoms with Crippen LogP contribution < -0.4 is 4.74 Å². The molecule has 5 heterocycles. The molecule has 0 unspecified atom stereocenters. The van der Waals surface area contributed by atoms with E-state index < -0.39 is 6.55 Å². The maximum atomic E-state index is 13.2. The van der Waals surface area contributed by atoms with Gasteiger partial charge in [0.1, 0.15) is 17.7 Å². The predicted molar refractivity (Wildman–Crippen MR) is 103 cm³/mol. The van der Waals surface area contributed by atoms with E-state index in [0.29, 0.717) is 33.2 Å². The van der Waals surface area contributed by atoms with Crippen LogP contribution in [0.25, 0.3) is 27.8 Å². The third kappa shape index (κ3) is 2.78. The summed E-state index contributed by atoms with van der Waals surface area (Å²) in [7, 11) is 1.55. The number of hydrogen-bond donors (Lipinski definition) is 0. The zero-order valence-electron chi connectivity index (χ0n) is 16.1. The Labute approximate surface area is 168 Å². The molecule has 0 aliphatic carbocycles. The first-order valence-electron chi connectivity index (χ1n) is 9.07. The highest BCUT2D eigenvalue weighted by molar-refractivity contribution is 5.87. The van der Waals surface area contributed by atoms with Gasteiger partial charge in [0, 0.05) is 29.7 Å². The first kappa shape index (κ1) is 18.2. The smallest absolute Gasteiger partial charge is 0.333 e. The van der Waals surface area contributed by atoms with Crippen LogP contribution in [0.4, 0.5) is 8.78 Å². The topological polar surface area (TPSA) is 87.9 Å². The summed E-state index contributed by atoms with van der Waals surface area (Å²) >= 11 is 0. The van der Waals surface area contributed by atoms with E-state index in [1.807, 2.05) is 29.8 Å². The van der Waals surface area contributed by atoms with Crippen LogP contribution in [0.15, 0.2) is 43.1 Å². The Morgan fingerprint density at radius 3 is 2.83 bits per heavy atom. The lowest BCUT2D eigenvalue weighted by Crippen LogP contribution is -2.10. The molecule has 5 aromatic rings. The van der Waals surface area contributed by atoms with E-state index in [2.05, 4.69) is 25.1 Å². The fourth-order valence-electron chi connectivity index (χ4n) is 3.58. The number of pyridine rings is 1. The summed E-state index contributed by atoms with van der Waals surface area (Å²) in [5, 5.41) is 7.91. The average molecular weight is 410 g/mol. The van der Waals surface area contributed by atoms with Gasteiger partial charge in [-0.25, -0.2) is 19.2 Å². The molecule has 152 valence electrons. The minimum atomic E-state index is -2.71. The van der Waals surface area contributed by atoms with Gasteiger partial charge in [0.15, 0.2) is 5.65 Å². The molecule has 0 amide bonds. The Bertz CT molecular complexity index is 1370. The number of rotatable bonds is 5. The maximum Gasteiger partial charge on any atom is 0.333 e. The molecular weight excluding hydrogens is 394 g/mol. The summed E-state index contributed by atoms with van der Waals surface area (Å²) in [6.07, 6.45) is 6.30. The second kappa shape index (κ2) is 6.87. The molecule has 5 rings (SSSR count). The highest BCUT2D eigenvalue weighted by Gasteiger charge is 2.18. The Kier molecular flexibility index (Phi) is 4.16. The molecule has 30 heavy (non-hydrogen) atoms. The van der Waals surface area contributed by atoms with E-state index in [4.69, 9.17) is 4.74 Å². The third-order valence-electron chi connectivity index (χ3n) is 4.98. The van der Waals surface area contributed by atoms with Crippen molar-refractivity contribution in [3.05, 3.63) is 54.6 Å². The number of nitrogens with zero attached hydrogens (tertiary/aromatic N) is 8. The Hall–Kier alpha value is -3.89. The van der Waals surface area contributed by atoms with Gasteiger partial charge in [-0.1, -0.05) is 0 Å². The molecule has 0 spiro atoms. The van der Waals surface area contributed by atoms with Crippen molar-refractivity contribution < 1.29 is 13.5 Å². The fourth-order valence-corrected chi connectivity index (χ4v) is 3.58. The van der Waals surface area contributed by atoms with Crippen LogP contribution in [0.3, 0.4) is 0 Å². The van der Waals surface area contributed by atoms with Crippen LogP contribution in [-0.4, -0.2) is 46.0 Å². The quantitative estimate of drug-likeness (QED) is 0.442. The molecule has 0 bridgehead atoms. The minimum absolute atomic E-state index is 0.195. The zero-order valence-corrected chi connectivity index (χ0v) is 16.1. The Balaban J connectivity index is 1.65. The van der Waals surface area contributed by atoms with E-state index in [9.17, 15) is 8.78 Å². The summed E-state index contributed by atoms with van der Waals surface area (Å²) in [6, 6.07) is 5.39.